The van der Waals surface area contributed by atoms with E-state index in [9.17, 15) is 5.11 Å². The Morgan fingerprint density at radius 1 is 1.35 bits per heavy atom. The predicted molar refractivity (Wildman–Crippen MR) is 80.1 cm³/mol. The van der Waals surface area contributed by atoms with Crippen LogP contribution in [0.3, 0.4) is 0 Å². The summed E-state index contributed by atoms with van der Waals surface area (Å²) in [6, 6.07) is 8.19. The van der Waals surface area contributed by atoms with Crippen molar-refractivity contribution in [2.75, 3.05) is 12.4 Å². The number of nitrogens with zero attached hydrogens (tertiary/aromatic N) is 1. The average molecular weight is 272 g/mol. The lowest BCUT2D eigenvalue weighted by Crippen LogP contribution is -2.57. The summed E-state index contributed by atoms with van der Waals surface area (Å²) in [5, 5.41) is 15.5. The van der Waals surface area contributed by atoms with Gasteiger partial charge in [0.25, 0.3) is 0 Å². The monoisotopic (exact) mass is 272 g/mol. The molecule has 1 saturated carbocycles. The average Bonchev–Trinajstić information content (AvgIpc) is 2.46. The molecule has 0 spiro atoms. The molecule has 0 bridgehead atoms. The van der Waals surface area contributed by atoms with Gasteiger partial charge in [0.1, 0.15) is 11.6 Å². The first-order chi connectivity index (χ1) is 9.52. The molecule has 0 radical (unpaired) electrons. The summed E-state index contributed by atoms with van der Waals surface area (Å²) in [6.07, 6.45) is 2.32. The van der Waals surface area contributed by atoms with Crippen molar-refractivity contribution in [2.24, 2.45) is 5.41 Å². The number of methoxy groups -OCH3 is 1. The van der Waals surface area contributed by atoms with Gasteiger partial charge in [-0.05, 0) is 30.0 Å². The molecule has 1 aliphatic carbocycles. The third kappa shape index (κ3) is 2.00. The SMILES string of the molecule is COc1ccc2ccnc(NC3CC(O)C3(C)C)c2c1. The Morgan fingerprint density at radius 3 is 2.80 bits per heavy atom. The summed E-state index contributed by atoms with van der Waals surface area (Å²) >= 11 is 0. The van der Waals surface area contributed by atoms with E-state index in [2.05, 4.69) is 24.1 Å². The number of ether oxygens (including phenoxy) is 1. The van der Waals surface area contributed by atoms with Gasteiger partial charge in [-0.2, -0.15) is 0 Å². The lowest BCUT2D eigenvalue weighted by atomic mass is 9.64. The number of hydrogen-bond donors (Lipinski definition) is 2. The smallest absolute Gasteiger partial charge is 0.134 e. The Kier molecular flexibility index (Phi) is 3.05. The third-order valence-electron chi connectivity index (χ3n) is 4.50. The Hall–Kier alpha value is -1.81. The molecule has 2 N–H and O–H groups in total. The molecule has 0 aliphatic heterocycles. The van der Waals surface area contributed by atoms with Gasteiger partial charge in [0.2, 0.25) is 0 Å². The van der Waals surface area contributed by atoms with Crippen molar-refractivity contribution in [1.82, 2.24) is 4.98 Å². The molecule has 1 aliphatic rings. The van der Waals surface area contributed by atoms with E-state index in [4.69, 9.17) is 4.74 Å². The highest BCUT2D eigenvalue weighted by atomic mass is 16.5. The maximum absolute atomic E-state index is 9.84. The van der Waals surface area contributed by atoms with E-state index in [1.54, 1.807) is 13.3 Å². The molecule has 0 amide bonds. The number of benzene rings is 1. The Labute approximate surface area is 118 Å². The fraction of sp³-hybridized carbons (Fsp3) is 0.438. The molecular weight excluding hydrogens is 252 g/mol. The van der Waals surface area contributed by atoms with Crippen molar-refractivity contribution in [1.29, 1.82) is 0 Å². The summed E-state index contributed by atoms with van der Waals surface area (Å²) in [4.78, 5) is 4.45. The summed E-state index contributed by atoms with van der Waals surface area (Å²) < 4.78 is 5.29. The number of pyridine rings is 1. The maximum atomic E-state index is 9.84. The number of fused-ring (bicyclic) bond motifs is 1. The van der Waals surface area contributed by atoms with Gasteiger partial charge in [-0.15, -0.1) is 0 Å². The molecule has 2 unspecified atom stereocenters. The van der Waals surface area contributed by atoms with Crippen LogP contribution in [0.25, 0.3) is 10.8 Å². The van der Waals surface area contributed by atoms with E-state index in [-0.39, 0.29) is 17.6 Å². The van der Waals surface area contributed by atoms with Crippen LogP contribution in [0.15, 0.2) is 30.5 Å². The summed E-state index contributed by atoms with van der Waals surface area (Å²) in [7, 11) is 1.66. The van der Waals surface area contributed by atoms with Crippen LogP contribution in [0, 0.1) is 5.41 Å². The molecule has 106 valence electrons. The van der Waals surface area contributed by atoms with Gasteiger partial charge < -0.3 is 15.2 Å². The van der Waals surface area contributed by atoms with E-state index < -0.39 is 0 Å². The third-order valence-corrected chi connectivity index (χ3v) is 4.50. The normalized spacial score (nSPS) is 24.2. The van der Waals surface area contributed by atoms with E-state index in [0.29, 0.717) is 0 Å². The van der Waals surface area contributed by atoms with Crippen LogP contribution >= 0.6 is 0 Å². The second kappa shape index (κ2) is 4.63. The molecule has 1 aromatic carbocycles. The molecule has 1 fully saturated rings. The van der Waals surface area contributed by atoms with Crippen molar-refractivity contribution < 1.29 is 9.84 Å². The van der Waals surface area contributed by atoms with Crippen LogP contribution in [0.5, 0.6) is 5.75 Å². The molecule has 0 saturated heterocycles. The minimum atomic E-state index is -0.246. The quantitative estimate of drug-likeness (QED) is 0.902. The molecule has 3 rings (SSSR count). The van der Waals surface area contributed by atoms with Crippen LogP contribution in [-0.4, -0.2) is 29.3 Å². The molecule has 1 heterocycles. The van der Waals surface area contributed by atoms with Gasteiger partial charge >= 0.3 is 0 Å². The van der Waals surface area contributed by atoms with Crippen LogP contribution in [0.2, 0.25) is 0 Å². The zero-order valence-corrected chi connectivity index (χ0v) is 12.1. The van der Waals surface area contributed by atoms with Crippen LogP contribution in [0.1, 0.15) is 20.3 Å². The molecule has 2 atom stereocenters. The maximum Gasteiger partial charge on any atom is 0.134 e. The fourth-order valence-corrected chi connectivity index (χ4v) is 2.70. The number of anilines is 1. The molecular formula is C16H20N2O2. The lowest BCUT2D eigenvalue weighted by Gasteiger charge is -2.49. The number of rotatable bonds is 3. The number of hydrogen-bond acceptors (Lipinski definition) is 4. The second-order valence-electron chi connectivity index (χ2n) is 6.02. The first-order valence-corrected chi connectivity index (χ1v) is 6.89. The summed E-state index contributed by atoms with van der Waals surface area (Å²) in [5.74, 6) is 1.67. The van der Waals surface area contributed by atoms with E-state index in [1.165, 1.54) is 0 Å². The Bertz CT molecular complexity index is 639. The first-order valence-electron chi connectivity index (χ1n) is 6.89. The number of aromatic nitrogens is 1. The largest absolute Gasteiger partial charge is 0.497 e. The fourth-order valence-electron chi connectivity index (χ4n) is 2.70. The van der Waals surface area contributed by atoms with Crippen LogP contribution in [0.4, 0.5) is 5.82 Å². The lowest BCUT2D eigenvalue weighted by molar-refractivity contribution is -0.0511. The van der Waals surface area contributed by atoms with Crippen molar-refractivity contribution in [2.45, 2.75) is 32.4 Å². The zero-order valence-electron chi connectivity index (χ0n) is 12.1. The zero-order chi connectivity index (χ0) is 14.3. The highest BCUT2D eigenvalue weighted by Crippen LogP contribution is 2.42. The summed E-state index contributed by atoms with van der Waals surface area (Å²) in [5.41, 5.74) is -0.122. The summed E-state index contributed by atoms with van der Waals surface area (Å²) in [6.45, 7) is 4.15. The standard InChI is InChI=1S/C16H20N2O2/c1-16(2)13(9-14(16)19)18-15-12-8-11(20-3)5-4-10(12)6-7-17-15/h4-8,13-14,19H,9H2,1-3H3,(H,17,18). The Balaban J connectivity index is 1.95. The molecule has 4 nitrogen and oxygen atoms in total. The van der Waals surface area contributed by atoms with Crippen molar-refractivity contribution in [3.8, 4) is 5.75 Å². The number of nitrogens with one attached hydrogen (secondary N) is 1. The van der Waals surface area contributed by atoms with Gasteiger partial charge in [-0.1, -0.05) is 19.9 Å². The minimum absolute atomic E-state index is 0.122. The van der Waals surface area contributed by atoms with Crippen LogP contribution in [-0.2, 0) is 0 Å². The topological polar surface area (TPSA) is 54.4 Å². The minimum Gasteiger partial charge on any atom is -0.497 e. The van der Waals surface area contributed by atoms with E-state index in [0.717, 1.165) is 28.8 Å². The predicted octanol–water partition coefficient (Wildman–Crippen LogP) is 2.81. The van der Waals surface area contributed by atoms with Gasteiger partial charge in [0, 0.05) is 23.0 Å². The second-order valence-corrected chi connectivity index (χ2v) is 6.02. The van der Waals surface area contributed by atoms with Gasteiger partial charge in [0.05, 0.1) is 13.2 Å². The van der Waals surface area contributed by atoms with Gasteiger partial charge in [-0.25, -0.2) is 4.98 Å². The van der Waals surface area contributed by atoms with E-state index in [1.807, 2.05) is 24.3 Å². The molecule has 2 aromatic rings. The van der Waals surface area contributed by atoms with Crippen LogP contribution < -0.4 is 10.1 Å². The van der Waals surface area contributed by atoms with Crippen molar-refractivity contribution in [3.63, 3.8) is 0 Å². The van der Waals surface area contributed by atoms with Gasteiger partial charge in [0.15, 0.2) is 0 Å². The number of aliphatic hydroxyl groups excluding tert-OH is 1. The number of aliphatic hydroxyl groups is 1. The first kappa shape index (κ1) is 13.2. The van der Waals surface area contributed by atoms with Crippen molar-refractivity contribution in [3.05, 3.63) is 30.5 Å². The Morgan fingerprint density at radius 2 is 2.15 bits per heavy atom. The van der Waals surface area contributed by atoms with Gasteiger partial charge in [-0.3, -0.25) is 0 Å². The molecule has 20 heavy (non-hydrogen) atoms. The highest BCUT2D eigenvalue weighted by Gasteiger charge is 2.47. The molecule has 1 aromatic heterocycles. The van der Waals surface area contributed by atoms with E-state index >= 15 is 0 Å². The molecule has 4 heteroatoms. The van der Waals surface area contributed by atoms with Crippen molar-refractivity contribution >= 4 is 16.6 Å². The highest BCUT2D eigenvalue weighted by molar-refractivity contribution is 5.92.